The van der Waals surface area contributed by atoms with Gasteiger partial charge in [-0.15, -0.1) is 31.7 Å². The molecule has 0 amide bonds. The Kier molecular flexibility index (Phi) is 9.47. The van der Waals surface area contributed by atoms with Gasteiger partial charge in [0.1, 0.15) is 0 Å². The van der Waals surface area contributed by atoms with Gasteiger partial charge in [0.2, 0.25) is 0 Å². The van der Waals surface area contributed by atoms with E-state index in [1.807, 2.05) is 0 Å². The third-order valence-electron chi connectivity index (χ3n) is 5.03. The Morgan fingerprint density at radius 2 is 0.652 bits per heavy atom. The van der Waals surface area contributed by atoms with Gasteiger partial charge < -0.3 is 0 Å². The molecule has 0 nitrogen and oxygen atoms in total. The molecule has 0 aliphatic heterocycles. The third-order valence-corrected chi connectivity index (χ3v) is 45.3. The molecule has 0 N–H and O–H groups in total. The quantitative estimate of drug-likeness (QED) is 0.289. The normalized spacial score (nSPS) is 15.4. The van der Waals surface area contributed by atoms with Gasteiger partial charge in [0.05, 0.1) is 25.7 Å². The summed E-state index contributed by atoms with van der Waals surface area (Å²) in [5.41, 5.74) is 0. The van der Waals surface area contributed by atoms with Crippen LogP contribution in [0.2, 0.25) is 39.3 Å². The first-order valence-electron chi connectivity index (χ1n) is 8.47. The van der Waals surface area contributed by atoms with Gasteiger partial charge in [-0.25, -0.2) is 0 Å². The van der Waals surface area contributed by atoms with Gasteiger partial charge in [-0.2, -0.15) is 0 Å². The summed E-state index contributed by atoms with van der Waals surface area (Å²) in [5.74, 6) is 0. The predicted molar refractivity (Wildman–Crippen MR) is 133 cm³/mol. The van der Waals surface area contributed by atoms with Crippen molar-refractivity contribution in [3.8, 4) is 0 Å². The molecule has 0 aromatic heterocycles. The van der Waals surface area contributed by atoms with Gasteiger partial charge in [-0.05, 0) is 61.6 Å². The topological polar surface area (TPSA) is 0 Å². The van der Waals surface area contributed by atoms with Crippen molar-refractivity contribution in [3.05, 3.63) is 0 Å². The van der Waals surface area contributed by atoms with Gasteiger partial charge in [-0.3, -0.25) is 0 Å². The highest BCUT2D eigenvalue weighted by atomic mass is 31.2. The Morgan fingerprint density at radius 1 is 0.478 bits per heavy atom. The fraction of sp³-hybridized carbons (Fsp3) is 1.00. The number of hydrogen-bond donors (Lipinski definition) is 0. The van der Waals surface area contributed by atoms with Gasteiger partial charge in [-0.1, -0.05) is 39.3 Å². The van der Waals surface area contributed by atoms with Crippen LogP contribution < -0.4 is 0 Å². The molecule has 0 heterocycles. The van der Waals surface area contributed by atoms with E-state index in [1.54, 1.807) is 0 Å². The smallest absolute Gasteiger partial charge is 0.0690 e. The van der Waals surface area contributed by atoms with Crippen molar-refractivity contribution in [3.63, 3.8) is 0 Å². The molecule has 0 bridgehead atoms. The SMILES string of the molecule is CP(C)C([Si]C(P(C)C)(P(C)C)[Si](C)(C)C)(P(C)C)[Si](C)(C)C. The molecule has 0 spiro atoms. The molecule has 0 atom stereocenters. The zero-order valence-corrected chi connectivity index (χ0v) is 24.9. The van der Waals surface area contributed by atoms with Crippen molar-refractivity contribution in [1.29, 1.82) is 0 Å². The molecule has 23 heavy (non-hydrogen) atoms. The standard InChI is InChI=1S/C16H42P4Si3/c1-17(2)15(18(3)4,22(9,10)11)21-16(19(5)6,20(7)8)23(12,13)14/h1-14H3. The molecule has 0 saturated carbocycles. The second-order valence-electron chi connectivity index (χ2n) is 9.55. The monoisotopic (exact) mass is 442 g/mol. The van der Waals surface area contributed by atoms with Crippen LogP contribution in [0, 0.1) is 0 Å². The summed E-state index contributed by atoms with van der Waals surface area (Å²) in [7, 11) is -0.807. The lowest BCUT2D eigenvalue weighted by molar-refractivity contribution is 1.34. The van der Waals surface area contributed by atoms with E-state index in [4.69, 9.17) is 0 Å². The molecule has 0 saturated heterocycles. The molecule has 138 valence electrons. The minimum Gasteiger partial charge on any atom is -0.109 e. The van der Waals surface area contributed by atoms with Crippen LogP contribution >= 0.6 is 31.7 Å². The lowest BCUT2D eigenvalue weighted by Crippen LogP contribution is -2.65. The Bertz CT molecular complexity index is 330. The van der Waals surface area contributed by atoms with Crippen molar-refractivity contribution in [2.75, 3.05) is 53.3 Å². The van der Waals surface area contributed by atoms with E-state index in [0.29, 0.717) is 8.29 Å². The largest absolute Gasteiger partial charge is 0.109 e. The highest BCUT2D eigenvalue weighted by Crippen LogP contribution is 2.72. The van der Waals surface area contributed by atoms with Crippen LogP contribution in [0.5, 0.6) is 0 Å². The molecule has 0 fully saturated rings. The van der Waals surface area contributed by atoms with Gasteiger partial charge in [0.15, 0.2) is 0 Å². The van der Waals surface area contributed by atoms with Crippen LogP contribution in [0.15, 0.2) is 0 Å². The summed E-state index contributed by atoms with van der Waals surface area (Å²) < 4.78 is 1.41. The second kappa shape index (κ2) is 8.59. The highest BCUT2D eigenvalue weighted by molar-refractivity contribution is 7.88. The molecule has 7 heteroatoms. The average Bonchev–Trinajstić information content (AvgIpc) is 2.23. The van der Waals surface area contributed by atoms with Crippen LogP contribution in [-0.2, 0) is 0 Å². The van der Waals surface area contributed by atoms with Crippen LogP contribution in [0.3, 0.4) is 0 Å². The first-order chi connectivity index (χ1) is 9.98. The molecule has 0 aliphatic rings. The fourth-order valence-electron chi connectivity index (χ4n) is 4.55. The number of rotatable bonds is 8. The Hall–Kier alpha value is 2.37. The van der Waals surface area contributed by atoms with Crippen LogP contribution in [-0.4, -0.2) is 87.3 Å². The van der Waals surface area contributed by atoms with Crippen molar-refractivity contribution in [2.24, 2.45) is 0 Å². The zero-order chi connectivity index (χ0) is 19.0. The van der Waals surface area contributed by atoms with Crippen LogP contribution in [0.4, 0.5) is 0 Å². The Labute approximate surface area is 158 Å². The molecule has 0 aromatic carbocycles. The predicted octanol–water partition coefficient (Wildman–Crippen LogP) is 6.72. The third kappa shape index (κ3) is 4.81. The molecule has 0 unspecified atom stereocenters. The molecule has 2 radical (unpaired) electrons. The van der Waals surface area contributed by atoms with Gasteiger partial charge >= 0.3 is 0 Å². The summed E-state index contributed by atoms with van der Waals surface area (Å²) in [6.45, 7) is 37.0. The lowest BCUT2D eigenvalue weighted by Gasteiger charge is -2.60. The van der Waals surface area contributed by atoms with Crippen molar-refractivity contribution in [2.45, 2.75) is 47.6 Å². The first-order valence-corrected chi connectivity index (χ1v) is 25.4. The maximum atomic E-state index is 2.68. The average molecular weight is 443 g/mol. The van der Waals surface area contributed by atoms with Gasteiger partial charge in [0, 0.05) is 0 Å². The first kappa shape index (κ1) is 25.4. The van der Waals surface area contributed by atoms with E-state index >= 15 is 0 Å². The minimum atomic E-state index is -1.23. The van der Waals surface area contributed by atoms with E-state index in [1.165, 1.54) is 9.52 Å². The van der Waals surface area contributed by atoms with Gasteiger partial charge in [0.25, 0.3) is 0 Å². The maximum Gasteiger partial charge on any atom is 0.0690 e. The summed E-state index contributed by atoms with van der Waals surface area (Å²) in [4.78, 5) is 0. The molecule has 0 aromatic rings. The van der Waals surface area contributed by atoms with E-state index in [-0.39, 0.29) is 31.7 Å². The molecular formula is C16H42P4Si3. The number of hydrogen-bond acceptors (Lipinski definition) is 0. The van der Waals surface area contributed by atoms with Crippen LogP contribution in [0.1, 0.15) is 0 Å². The summed E-state index contributed by atoms with van der Waals surface area (Å²) >= 11 is 0. The fourth-order valence-corrected chi connectivity index (χ4v) is 45.3. The summed E-state index contributed by atoms with van der Waals surface area (Å²) in [5, 5.41) is 0. The van der Waals surface area contributed by atoms with E-state index in [2.05, 4.69) is 92.6 Å². The Balaban J connectivity index is 6.53. The van der Waals surface area contributed by atoms with Crippen LogP contribution in [0.25, 0.3) is 0 Å². The summed E-state index contributed by atoms with van der Waals surface area (Å²) in [6.07, 6.45) is 0. The second-order valence-corrected chi connectivity index (χ2v) is 36.7. The summed E-state index contributed by atoms with van der Waals surface area (Å²) in [6, 6.07) is 0. The lowest BCUT2D eigenvalue weighted by atomic mass is 11.6. The maximum absolute atomic E-state index is 2.68. The van der Waals surface area contributed by atoms with E-state index in [9.17, 15) is 0 Å². The molecule has 0 rings (SSSR count). The van der Waals surface area contributed by atoms with Crippen molar-refractivity contribution in [1.82, 2.24) is 0 Å². The molecule has 0 aliphatic carbocycles. The Morgan fingerprint density at radius 3 is 0.739 bits per heavy atom. The van der Waals surface area contributed by atoms with Crippen molar-refractivity contribution >= 4 is 57.4 Å². The van der Waals surface area contributed by atoms with Crippen molar-refractivity contribution < 1.29 is 0 Å². The van der Waals surface area contributed by atoms with E-state index in [0.717, 1.165) is 0 Å². The van der Waals surface area contributed by atoms with E-state index < -0.39 is 16.1 Å². The molecular weight excluding hydrogens is 400 g/mol. The minimum absolute atomic E-state index is 0.109. The highest BCUT2D eigenvalue weighted by Gasteiger charge is 2.58. The zero-order valence-electron chi connectivity index (χ0n) is 18.3.